The fourth-order valence-corrected chi connectivity index (χ4v) is 4.15. The van der Waals surface area contributed by atoms with Crippen molar-refractivity contribution in [2.45, 2.75) is 56.0 Å². The number of hydrogen-bond donors (Lipinski definition) is 2. The lowest BCUT2D eigenvalue weighted by molar-refractivity contribution is 0.229. The van der Waals surface area contributed by atoms with Crippen LogP contribution < -0.4 is 10.5 Å². The summed E-state index contributed by atoms with van der Waals surface area (Å²) in [6, 6.07) is 3.65. The van der Waals surface area contributed by atoms with Crippen molar-refractivity contribution in [3.05, 3.63) is 29.8 Å². The summed E-state index contributed by atoms with van der Waals surface area (Å²) in [6.07, 6.45) is 2.53. The van der Waals surface area contributed by atoms with Crippen LogP contribution in [0.3, 0.4) is 0 Å². The molecular formula is C16H21FN4O3S. The van der Waals surface area contributed by atoms with Gasteiger partial charge in [-0.05, 0) is 58.2 Å². The van der Waals surface area contributed by atoms with Crippen molar-refractivity contribution in [1.82, 2.24) is 14.9 Å². The monoisotopic (exact) mass is 368 g/mol. The molecule has 25 heavy (non-hydrogen) atoms. The highest BCUT2D eigenvalue weighted by molar-refractivity contribution is 7.89. The zero-order valence-electron chi connectivity index (χ0n) is 14.3. The molecule has 1 aromatic heterocycles. The summed E-state index contributed by atoms with van der Waals surface area (Å²) >= 11 is 0. The van der Waals surface area contributed by atoms with Crippen LogP contribution >= 0.6 is 0 Å². The Labute approximate surface area is 145 Å². The topological polar surface area (TPSA) is 111 Å². The van der Waals surface area contributed by atoms with Crippen LogP contribution in [0, 0.1) is 5.82 Å². The second kappa shape index (κ2) is 5.86. The zero-order chi connectivity index (χ0) is 18.5. The van der Waals surface area contributed by atoms with Crippen LogP contribution in [0.25, 0.3) is 11.5 Å². The van der Waals surface area contributed by atoms with E-state index in [0.29, 0.717) is 11.4 Å². The maximum Gasteiger partial charge on any atom is 0.258 e. The number of nitrogens with one attached hydrogen (secondary N) is 1. The van der Waals surface area contributed by atoms with E-state index in [0.717, 1.165) is 25.3 Å². The molecule has 3 N–H and O–H groups in total. The molecule has 9 heteroatoms. The van der Waals surface area contributed by atoms with Gasteiger partial charge in [0.2, 0.25) is 10.0 Å². The number of aromatic nitrogens is 2. The maximum atomic E-state index is 14.1. The number of nitrogens with two attached hydrogens (primary N) is 1. The summed E-state index contributed by atoms with van der Waals surface area (Å²) in [5, 5.41) is 3.89. The lowest BCUT2D eigenvalue weighted by Crippen LogP contribution is -2.44. The molecule has 2 aromatic rings. The Balaban J connectivity index is 1.97. The van der Waals surface area contributed by atoms with Gasteiger partial charge in [0, 0.05) is 11.1 Å². The fourth-order valence-electron chi connectivity index (χ4n) is 2.62. The second-order valence-electron chi connectivity index (χ2n) is 7.43. The van der Waals surface area contributed by atoms with E-state index >= 15 is 0 Å². The molecule has 1 saturated carbocycles. The van der Waals surface area contributed by atoms with Gasteiger partial charge in [0.05, 0.1) is 5.54 Å². The second-order valence-corrected chi connectivity index (χ2v) is 9.08. The Hall–Kier alpha value is -1.84. The van der Waals surface area contributed by atoms with E-state index in [1.165, 1.54) is 12.1 Å². The molecule has 3 rings (SSSR count). The normalized spacial score (nSPS) is 17.3. The molecule has 1 aliphatic carbocycles. The van der Waals surface area contributed by atoms with Crippen molar-refractivity contribution in [3.63, 3.8) is 0 Å². The Kier molecular flexibility index (Phi) is 4.21. The number of hydrogen-bond acceptors (Lipinski definition) is 6. The van der Waals surface area contributed by atoms with Crippen molar-refractivity contribution in [2.24, 2.45) is 5.73 Å². The summed E-state index contributed by atoms with van der Waals surface area (Å²) in [6.45, 7) is 5.03. The highest BCUT2D eigenvalue weighted by Crippen LogP contribution is 2.37. The molecule has 7 nitrogen and oxygen atoms in total. The van der Waals surface area contributed by atoms with E-state index in [2.05, 4.69) is 14.9 Å². The highest BCUT2D eigenvalue weighted by atomic mass is 32.2. The molecular weight excluding hydrogens is 347 g/mol. The third-order valence-corrected chi connectivity index (χ3v) is 5.80. The van der Waals surface area contributed by atoms with Crippen molar-refractivity contribution < 1.29 is 17.3 Å². The van der Waals surface area contributed by atoms with Gasteiger partial charge in [-0.2, -0.15) is 4.98 Å². The fraction of sp³-hybridized carbons (Fsp3) is 0.500. The summed E-state index contributed by atoms with van der Waals surface area (Å²) in [7, 11) is -4.03. The summed E-state index contributed by atoms with van der Waals surface area (Å²) in [5.41, 5.74) is 5.14. The van der Waals surface area contributed by atoms with Crippen LogP contribution in [-0.4, -0.2) is 24.1 Å². The SMILES string of the molecule is CC(C)(C)NS(=O)(=O)c1cc(-c2nc(C3(N)CCC3)no2)ccc1F. The molecule has 0 bridgehead atoms. The quantitative estimate of drug-likeness (QED) is 0.856. The van der Waals surface area contributed by atoms with Crippen LogP contribution in [-0.2, 0) is 15.6 Å². The van der Waals surface area contributed by atoms with E-state index in [1.807, 2.05) is 0 Å². The first-order valence-corrected chi connectivity index (χ1v) is 9.46. The van der Waals surface area contributed by atoms with Crippen molar-refractivity contribution in [1.29, 1.82) is 0 Å². The molecule has 0 radical (unpaired) electrons. The molecule has 1 fully saturated rings. The van der Waals surface area contributed by atoms with Gasteiger partial charge in [0.1, 0.15) is 10.7 Å². The molecule has 1 heterocycles. The largest absolute Gasteiger partial charge is 0.334 e. The first-order valence-electron chi connectivity index (χ1n) is 7.97. The lowest BCUT2D eigenvalue weighted by atomic mass is 9.77. The van der Waals surface area contributed by atoms with Gasteiger partial charge < -0.3 is 10.3 Å². The Morgan fingerprint density at radius 3 is 2.56 bits per heavy atom. The standard InChI is InChI=1S/C16H21FN4O3S/c1-15(2,3)21-25(22,23)12-9-10(5-6-11(12)17)13-19-14(20-24-13)16(18)7-4-8-16/h5-6,9,21H,4,7-8,18H2,1-3H3. The number of halogens is 1. The Bertz CT molecular complexity index is 898. The van der Waals surface area contributed by atoms with Crippen LogP contribution in [0.1, 0.15) is 45.9 Å². The molecule has 0 atom stereocenters. The molecule has 1 aromatic carbocycles. The minimum absolute atomic E-state index is 0.110. The van der Waals surface area contributed by atoms with Gasteiger partial charge in [-0.3, -0.25) is 0 Å². The number of rotatable bonds is 4. The molecule has 0 unspecified atom stereocenters. The third-order valence-electron chi connectivity index (χ3n) is 4.03. The maximum absolute atomic E-state index is 14.1. The van der Waals surface area contributed by atoms with E-state index in [-0.39, 0.29) is 5.89 Å². The minimum atomic E-state index is -4.03. The van der Waals surface area contributed by atoms with Crippen LogP contribution in [0.4, 0.5) is 4.39 Å². The Morgan fingerprint density at radius 1 is 1.32 bits per heavy atom. The molecule has 136 valence electrons. The van der Waals surface area contributed by atoms with Crippen LogP contribution in [0.15, 0.2) is 27.6 Å². The molecule has 0 saturated heterocycles. The number of benzene rings is 1. The molecule has 0 spiro atoms. The first kappa shape index (κ1) is 18.0. The molecule has 0 amide bonds. The van der Waals surface area contributed by atoms with Gasteiger partial charge in [-0.1, -0.05) is 5.16 Å². The van der Waals surface area contributed by atoms with Crippen LogP contribution in [0.2, 0.25) is 0 Å². The smallest absolute Gasteiger partial charge is 0.258 e. The van der Waals surface area contributed by atoms with E-state index in [4.69, 9.17) is 10.3 Å². The minimum Gasteiger partial charge on any atom is -0.334 e. The van der Waals surface area contributed by atoms with Crippen LogP contribution in [0.5, 0.6) is 0 Å². The van der Waals surface area contributed by atoms with E-state index < -0.39 is 31.8 Å². The van der Waals surface area contributed by atoms with Gasteiger partial charge in [0.15, 0.2) is 5.82 Å². The summed E-state index contributed by atoms with van der Waals surface area (Å²) in [4.78, 5) is 3.79. The third kappa shape index (κ3) is 3.58. The first-order chi connectivity index (χ1) is 11.5. The average molecular weight is 368 g/mol. The number of nitrogens with zero attached hydrogens (tertiary/aromatic N) is 2. The van der Waals surface area contributed by atoms with Gasteiger partial charge >= 0.3 is 0 Å². The Morgan fingerprint density at radius 2 is 2.00 bits per heavy atom. The number of sulfonamides is 1. The summed E-state index contributed by atoms with van der Waals surface area (Å²) < 4.78 is 46.6. The van der Waals surface area contributed by atoms with E-state index in [1.54, 1.807) is 20.8 Å². The zero-order valence-corrected chi connectivity index (χ0v) is 15.2. The predicted octanol–water partition coefficient (Wildman–Crippen LogP) is 2.29. The molecule has 0 aliphatic heterocycles. The van der Waals surface area contributed by atoms with Gasteiger partial charge in [-0.15, -0.1) is 0 Å². The van der Waals surface area contributed by atoms with Crippen molar-refractivity contribution in [2.75, 3.05) is 0 Å². The van der Waals surface area contributed by atoms with E-state index in [9.17, 15) is 12.8 Å². The average Bonchev–Trinajstić information content (AvgIpc) is 2.92. The van der Waals surface area contributed by atoms with Crippen molar-refractivity contribution in [3.8, 4) is 11.5 Å². The predicted molar refractivity (Wildman–Crippen MR) is 89.5 cm³/mol. The van der Waals surface area contributed by atoms with Crippen molar-refractivity contribution >= 4 is 10.0 Å². The van der Waals surface area contributed by atoms with Gasteiger partial charge in [0.25, 0.3) is 5.89 Å². The summed E-state index contributed by atoms with van der Waals surface area (Å²) in [5.74, 6) is -0.358. The highest BCUT2D eigenvalue weighted by Gasteiger charge is 2.39. The molecule has 1 aliphatic rings. The van der Waals surface area contributed by atoms with Gasteiger partial charge in [-0.25, -0.2) is 17.5 Å². The lowest BCUT2D eigenvalue weighted by Gasteiger charge is -2.34.